The van der Waals surface area contributed by atoms with Crippen molar-refractivity contribution in [3.63, 3.8) is 0 Å². The Morgan fingerprint density at radius 3 is 2.42 bits per heavy atom. The van der Waals surface area contributed by atoms with E-state index in [1.807, 2.05) is 6.20 Å². The number of aromatic amines is 1. The largest absolute Gasteiger partial charge is 0.348 e. The standard InChI is InChI=1S/C17H18N2/c1-17(2,3)16-18-11-15(19-16)14-10-6-8-12-7-4-5-9-13(12)14/h4-11H,1-3H3,(H,18,19). The summed E-state index contributed by atoms with van der Waals surface area (Å²) in [5.41, 5.74) is 2.25. The minimum atomic E-state index is 0.0445. The summed E-state index contributed by atoms with van der Waals surface area (Å²) in [4.78, 5) is 8.04. The number of hydrogen-bond donors (Lipinski definition) is 1. The number of benzene rings is 2. The molecular formula is C17H18N2. The van der Waals surface area contributed by atoms with Crippen molar-refractivity contribution in [2.45, 2.75) is 26.2 Å². The first-order chi connectivity index (χ1) is 9.05. The van der Waals surface area contributed by atoms with E-state index < -0.39 is 0 Å². The van der Waals surface area contributed by atoms with Crippen molar-refractivity contribution in [2.24, 2.45) is 0 Å². The smallest absolute Gasteiger partial charge is 0.112 e. The number of nitrogens with one attached hydrogen (secondary N) is 1. The molecule has 0 fully saturated rings. The maximum absolute atomic E-state index is 4.75. The molecule has 19 heavy (non-hydrogen) atoms. The van der Waals surface area contributed by atoms with Crippen molar-refractivity contribution in [3.8, 4) is 11.3 Å². The summed E-state index contributed by atoms with van der Waals surface area (Å²) < 4.78 is 0. The van der Waals surface area contributed by atoms with Crippen molar-refractivity contribution in [2.75, 3.05) is 0 Å². The average molecular weight is 250 g/mol. The van der Waals surface area contributed by atoms with Gasteiger partial charge >= 0.3 is 0 Å². The Labute approximate surface area is 113 Å². The van der Waals surface area contributed by atoms with E-state index in [4.69, 9.17) is 4.98 Å². The zero-order chi connectivity index (χ0) is 13.5. The molecule has 1 aromatic heterocycles. The molecule has 2 aromatic carbocycles. The maximum atomic E-state index is 4.75. The van der Waals surface area contributed by atoms with Crippen LogP contribution in [0.3, 0.4) is 0 Å². The average Bonchev–Trinajstić information content (AvgIpc) is 2.87. The van der Waals surface area contributed by atoms with E-state index >= 15 is 0 Å². The van der Waals surface area contributed by atoms with Crippen LogP contribution in [-0.4, -0.2) is 9.97 Å². The Kier molecular flexibility index (Phi) is 2.67. The molecule has 2 nitrogen and oxygen atoms in total. The fraction of sp³-hybridized carbons (Fsp3) is 0.235. The third-order valence-corrected chi connectivity index (χ3v) is 3.35. The molecule has 96 valence electrons. The number of nitrogens with zero attached hydrogens (tertiary/aromatic N) is 1. The van der Waals surface area contributed by atoms with Gasteiger partial charge in [-0.3, -0.25) is 0 Å². The van der Waals surface area contributed by atoms with Gasteiger partial charge in [0.05, 0.1) is 5.69 Å². The Balaban J connectivity index is 2.17. The lowest BCUT2D eigenvalue weighted by Gasteiger charge is -2.14. The van der Waals surface area contributed by atoms with Gasteiger partial charge < -0.3 is 4.98 Å². The predicted octanol–water partition coefficient (Wildman–Crippen LogP) is 4.53. The van der Waals surface area contributed by atoms with Gasteiger partial charge in [0, 0.05) is 17.2 Å². The molecular weight excluding hydrogens is 232 g/mol. The van der Waals surface area contributed by atoms with Crippen molar-refractivity contribution < 1.29 is 0 Å². The van der Waals surface area contributed by atoms with Crippen LogP contribution in [0.1, 0.15) is 26.6 Å². The third-order valence-electron chi connectivity index (χ3n) is 3.35. The fourth-order valence-electron chi connectivity index (χ4n) is 2.29. The molecule has 3 rings (SSSR count). The number of aromatic nitrogens is 2. The molecule has 0 aliphatic rings. The van der Waals surface area contributed by atoms with E-state index in [1.165, 1.54) is 16.3 Å². The second kappa shape index (κ2) is 4.23. The summed E-state index contributed by atoms with van der Waals surface area (Å²) >= 11 is 0. The molecule has 1 N–H and O–H groups in total. The van der Waals surface area contributed by atoms with Gasteiger partial charge in [-0.05, 0) is 10.8 Å². The third kappa shape index (κ3) is 2.14. The Bertz CT molecular complexity index is 712. The van der Waals surface area contributed by atoms with Crippen LogP contribution in [0.4, 0.5) is 0 Å². The van der Waals surface area contributed by atoms with Gasteiger partial charge in [0.15, 0.2) is 0 Å². The summed E-state index contributed by atoms with van der Waals surface area (Å²) in [5.74, 6) is 1.02. The van der Waals surface area contributed by atoms with E-state index in [-0.39, 0.29) is 5.41 Å². The van der Waals surface area contributed by atoms with Gasteiger partial charge in [0.2, 0.25) is 0 Å². The summed E-state index contributed by atoms with van der Waals surface area (Å²) in [5, 5.41) is 2.50. The predicted molar refractivity (Wildman–Crippen MR) is 80.2 cm³/mol. The van der Waals surface area contributed by atoms with Crippen LogP contribution in [0.2, 0.25) is 0 Å². The molecule has 0 atom stereocenters. The lowest BCUT2D eigenvalue weighted by atomic mass is 9.96. The van der Waals surface area contributed by atoms with Crippen LogP contribution < -0.4 is 0 Å². The van der Waals surface area contributed by atoms with Crippen LogP contribution in [0, 0.1) is 0 Å². The maximum Gasteiger partial charge on any atom is 0.112 e. The van der Waals surface area contributed by atoms with Crippen LogP contribution >= 0.6 is 0 Å². The van der Waals surface area contributed by atoms with Crippen LogP contribution in [0.15, 0.2) is 48.7 Å². The Morgan fingerprint density at radius 1 is 0.947 bits per heavy atom. The first-order valence-electron chi connectivity index (χ1n) is 6.60. The van der Waals surface area contributed by atoms with Crippen molar-refractivity contribution in [1.29, 1.82) is 0 Å². The fourth-order valence-corrected chi connectivity index (χ4v) is 2.29. The zero-order valence-corrected chi connectivity index (χ0v) is 11.6. The number of fused-ring (bicyclic) bond motifs is 1. The number of rotatable bonds is 1. The quantitative estimate of drug-likeness (QED) is 0.675. The highest BCUT2D eigenvalue weighted by Crippen LogP contribution is 2.29. The number of hydrogen-bond acceptors (Lipinski definition) is 1. The molecule has 1 heterocycles. The van der Waals surface area contributed by atoms with Crippen molar-refractivity contribution >= 4 is 10.8 Å². The minimum absolute atomic E-state index is 0.0445. The van der Waals surface area contributed by atoms with E-state index in [0.717, 1.165) is 11.5 Å². The molecule has 0 radical (unpaired) electrons. The highest BCUT2D eigenvalue weighted by molar-refractivity contribution is 5.95. The number of imidazole rings is 1. The summed E-state index contributed by atoms with van der Waals surface area (Å²) in [6.45, 7) is 6.50. The molecule has 0 amide bonds. The van der Waals surface area contributed by atoms with Gasteiger partial charge in [-0.15, -0.1) is 0 Å². The van der Waals surface area contributed by atoms with Crippen LogP contribution in [0.5, 0.6) is 0 Å². The van der Waals surface area contributed by atoms with Crippen LogP contribution in [0.25, 0.3) is 22.0 Å². The molecule has 0 saturated carbocycles. The topological polar surface area (TPSA) is 28.7 Å². The lowest BCUT2D eigenvalue weighted by Crippen LogP contribution is -2.13. The van der Waals surface area contributed by atoms with Crippen molar-refractivity contribution in [3.05, 3.63) is 54.5 Å². The Morgan fingerprint density at radius 2 is 1.68 bits per heavy atom. The highest BCUT2D eigenvalue weighted by Gasteiger charge is 2.18. The second-order valence-electron chi connectivity index (χ2n) is 5.91. The normalized spacial score (nSPS) is 11.9. The van der Waals surface area contributed by atoms with Gasteiger partial charge in [-0.25, -0.2) is 4.98 Å². The molecule has 0 saturated heterocycles. The van der Waals surface area contributed by atoms with Gasteiger partial charge in [0.1, 0.15) is 5.82 Å². The SMILES string of the molecule is CC(C)(C)c1nc(-c2cccc3ccccc23)c[nH]1. The molecule has 0 spiro atoms. The molecule has 2 heteroatoms. The molecule has 0 aliphatic carbocycles. The summed E-state index contributed by atoms with van der Waals surface area (Å²) in [6.07, 6.45) is 2.00. The van der Waals surface area contributed by atoms with E-state index in [2.05, 4.69) is 68.2 Å². The number of H-pyrrole nitrogens is 1. The molecule has 0 unspecified atom stereocenters. The molecule has 0 bridgehead atoms. The van der Waals surface area contributed by atoms with E-state index in [0.29, 0.717) is 0 Å². The van der Waals surface area contributed by atoms with E-state index in [9.17, 15) is 0 Å². The van der Waals surface area contributed by atoms with Gasteiger partial charge in [0.25, 0.3) is 0 Å². The van der Waals surface area contributed by atoms with E-state index in [1.54, 1.807) is 0 Å². The van der Waals surface area contributed by atoms with Crippen LogP contribution in [-0.2, 0) is 5.41 Å². The highest BCUT2D eigenvalue weighted by atomic mass is 14.9. The minimum Gasteiger partial charge on any atom is -0.348 e. The summed E-state index contributed by atoms with van der Waals surface area (Å²) in [6, 6.07) is 14.8. The monoisotopic (exact) mass is 250 g/mol. The van der Waals surface area contributed by atoms with Crippen molar-refractivity contribution in [1.82, 2.24) is 9.97 Å². The molecule has 3 aromatic rings. The second-order valence-corrected chi connectivity index (χ2v) is 5.91. The first-order valence-corrected chi connectivity index (χ1v) is 6.60. The molecule has 0 aliphatic heterocycles. The Hall–Kier alpha value is -2.09. The first kappa shape index (κ1) is 12.0. The summed E-state index contributed by atoms with van der Waals surface area (Å²) in [7, 11) is 0. The van der Waals surface area contributed by atoms with Gasteiger partial charge in [-0.1, -0.05) is 63.2 Å². The van der Waals surface area contributed by atoms with Gasteiger partial charge in [-0.2, -0.15) is 0 Å². The zero-order valence-electron chi connectivity index (χ0n) is 11.6. The lowest BCUT2D eigenvalue weighted by molar-refractivity contribution is 0.553.